The van der Waals surface area contributed by atoms with Crippen molar-refractivity contribution < 1.29 is 0 Å². The van der Waals surface area contributed by atoms with Crippen LogP contribution in [0, 0.1) is 6.92 Å². The van der Waals surface area contributed by atoms with Gasteiger partial charge in [-0.2, -0.15) is 0 Å². The molecular formula is C26H35IN6. The Kier molecular flexibility index (Phi) is 8.88. The maximum Gasteiger partial charge on any atom is 0.192 e. The molecule has 1 saturated carbocycles. The number of hydrogen-bond donors (Lipinski definition) is 2. The maximum atomic E-state index is 4.89. The Labute approximate surface area is 214 Å². The number of aryl methyl sites for hydroxylation is 1. The van der Waals surface area contributed by atoms with Gasteiger partial charge in [-0.05, 0) is 37.8 Å². The first kappa shape index (κ1) is 25.2. The van der Waals surface area contributed by atoms with Gasteiger partial charge >= 0.3 is 0 Å². The standard InChI is InChI=1S/C26H34N6.HI/c1-20(22-12-6-4-7-13-22)29-25(27-18-24-31-30-21(2)32(24)3)28-19-26(16-10-11-17-26)23-14-8-5-9-15-23;/h4-9,12-15,20H,10-11,16-19H2,1-3H3,(H2,27,28,29);1H. The molecule has 1 aliphatic carbocycles. The molecule has 0 radical (unpaired) electrons. The molecule has 0 saturated heterocycles. The van der Waals surface area contributed by atoms with Gasteiger partial charge in [0.1, 0.15) is 12.4 Å². The quantitative estimate of drug-likeness (QED) is 0.242. The summed E-state index contributed by atoms with van der Waals surface area (Å²) in [6.07, 6.45) is 4.95. The summed E-state index contributed by atoms with van der Waals surface area (Å²) in [5.74, 6) is 2.56. The predicted molar refractivity (Wildman–Crippen MR) is 145 cm³/mol. The fourth-order valence-corrected chi connectivity index (χ4v) is 4.59. The van der Waals surface area contributed by atoms with Gasteiger partial charge in [0.15, 0.2) is 11.8 Å². The zero-order valence-corrected chi connectivity index (χ0v) is 22.1. The van der Waals surface area contributed by atoms with Gasteiger partial charge < -0.3 is 15.2 Å². The number of benzene rings is 2. The van der Waals surface area contributed by atoms with Crippen LogP contribution in [0.1, 0.15) is 61.4 Å². The fraction of sp³-hybridized carbons (Fsp3) is 0.423. The van der Waals surface area contributed by atoms with Crippen molar-refractivity contribution in [2.75, 3.05) is 6.54 Å². The number of rotatable bonds is 7. The lowest BCUT2D eigenvalue weighted by Crippen LogP contribution is -2.45. The van der Waals surface area contributed by atoms with E-state index < -0.39 is 0 Å². The van der Waals surface area contributed by atoms with E-state index in [0.717, 1.165) is 24.2 Å². The molecule has 0 bridgehead atoms. The average Bonchev–Trinajstić information content (AvgIpc) is 3.44. The van der Waals surface area contributed by atoms with Crippen LogP contribution in [0.4, 0.5) is 0 Å². The van der Waals surface area contributed by atoms with Gasteiger partial charge in [0.25, 0.3) is 0 Å². The highest BCUT2D eigenvalue weighted by molar-refractivity contribution is 14.0. The fourth-order valence-electron chi connectivity index (χ4n) is 4.59. The van der Waals surface area contributed by atoms with Crippen molar-refractivity contribution in [1.29, 1.82) is 0 Å². The Morgan fingerprint density at radius 1 is 1.03 bits per heavy atom. The first-order valence-corrected chi connectivity index (χ1v) is 11.6. The van der Waals surface area contributed by atoms with Gasteiger partial charge in [-0.15, -0.1) is 34.2 Å². The summed E-state index contributed by atoms with van der Waals surface area (Å²) in [6, 6.07) is 21.5. The van der Waals surface area contributed by atoms with Crippen LogP contribution >= 0.6 is 24.0 Å². The number of nitrogens with zero attached hydrogens (tertiary/aromatic N) is 4. The molecule has 2 aromatic carbocycles. The van der Waals surface area contributed by atoms with Crippen LogP contribution in [0.15, 0.2) is 65.7 Å². The zero-order chi connectivity index (χ0) is 22.4. The van der Waals surface area contributed by atoms with Gasteiger partial charge in [-0.1, -0.05) is 73.5 Å². The van der Waals surface area contributed by atoms with Crippen molar-refractivity contribution in [3.05, 3.63) is 83.4 Å². The normalized spacial score (nSPS) is 16.2. The predicted octanol–water partition coefficient (Wildman–Crippen LogP) is 5.05. The summed E-state index contributed by atoms with van der Waals surface area (Å²) in [5, 5.41) is 15.7. The highest BCUT2D eigenvalue weighted by Crippen LogP contribution is 2.40. The summed E-state index contributed by atoms with van der Waals surface area (Å²) in [4.78, 5) is 4.89. The van der Waals surface area contributed by atoms with Gasteiger partial charge in [0.05, 0.1) is 6.04 Å². The second kappa shape index (κ2) is 11.6. The molecule has 0 amide bonds. The lowest BCUT2D eigenvalue weighted by molar-refractivity contribution is 0.430. The zero-order valence-electron chi connectivity index (χ0n) is 19.8. The summed E-state index contributed by atoms with van der Waals surface area (Å²) in [7, 11) is 1.98. The van der Waals surface area contributed by atoms with E-state index in [-0.39, 0.29) is 35.4 Å². The van der Waals surface area contributed by atoms with Crippen molar-refractivity contribution in [2.45, 2.75) is 57.5 Å². The monoisotopic (exact) mass is 558 g/mol. The number of aliphatic imine (C=N–C) groups is 1. The molecule has 1 fully saturated rings. The smallest absolute Gasteiger partial charge is 0.192 e. The SMILES string of the molecule is Cc1nnc(CN=C(NCC2(c3ccccc3)CCCC2)NC(C)c2ccccc2)n1C.I. The molecule has 1 unspecified atom stereocenters. The Hall–Kier alpha value is -2.42. The summed E-state index contributed by atoms with van der Waals surface area (Å²) < 4.78 is 1.99. The number of nitrogens with one attached hydrogen (secondary N) is 2. The number of halogens is 1. The van der Waals surface area contributed by atoms with Crippen LogP contribution < -0.4 is 10.6 Å². The third kappa shape index (κ3) is 6.13. The largest absolute Gasteiger partial charge is 0.355 e. The van der Waals surface area contributed by atoms with Crippen molar-refractivity contribution in [3.63, 3.8) is 0 Å². The van der Waals surface area contributed by atoms with E-state index >= 15 is 0 Å². The Balaban J connectivity index is 0.00000306. The first-order valence-electron chi connectivity index (χ1n) is 11.6. The lowest BCUT2D eigenvalue weighted by Gasteiger charge is -2.31. The van der Waals surface area contributed by atoms with Crippen LogP contribution in [-0.2, 0) is 19.0 Å². The van der Waals surface area contributed by atoms with E-state index in [0.29, 0.717) is 6.54 Å². The Bertz CT molecular complexity index is 1030. The van der Waals surface area contributed by atoms with Crippen LogP contribution in [0.5, 0.6) is 0 Å². The van der Waals surface area contributed by atoms with Crippen LogP contribution in [0.25, 0.3) is 0 Å². The number of hydrogen-bond acceptors (Lipinski definition) is 3. The van der Waals surface area contributed by atoms with E-state index in [4.69, 9.17) is 4.99 Å². The van der Waals surface area contributed by atoms with Crippen molar-refractivity contribution in [2.24, 2.45) is 12.0 Å². The molecule has 1 aliphatic rings. The number of guanidine groups is 1. The lowest BCUT2D eigenvalue weighted by atomic mass is 9.79. The van der Waals surface area contributed by atoms with Gasteiger partial charge in [-0.3, -0.25) is 0 Å². The minimum atomic E-state index is 0. The molecule has 7 heteroatoms. The molecular weight excluding hydrogens is 523 g/mol. The molecule has 176 valence electrons. The molecule has 0 aliphatic heterocycles. The van der Waals surface area contributed by atoms with Crippen molar-refractivity contribution >= 4 is 29.9 Å². The number of aromatic nitrogens is 3. The third-order valence-electron chi connectivity index (χ3n) is 6.76. The highest BCUT2D eigenvalue weighted by Gasteiger charge is 2.35. The molecule has 1 heterocycles. The summed E-state index contributed by atoms with van der Waals surface area (Å²) >= 11 is 0. The van der Waals surface area contributed by atoms with E-state index in [1.54, 1.807) is 0 Å². The maximum absolute atomic E-state index is 4.89. The van der Waals surface area contributed by atoms with E-state index in [9.17, 15) is 0 Å². The molecule has 4 rings (SSSR count). The van der Waals surface area contributed by atoms with E-state index in [2.05, 4.69) is 82.4 Å². The second-order valence-electron chi connectivity index (χ2n) is 8.87. The Morgan fingerprint density at radius 3 is 2.27 bits per heavy atom. The Morgan fingerprint density at radius 2 is 1.67 bits per heavy atom. The minimum absolute atomic E-state index is 0. The third-order valence-corrected chi connectivity index (χ3v) is 6.76. The van der Waals surface area contributed by atoms with Gasteiger partial charge in [-0.25, -0.2) is 4.99 Å². The van der Waals surface area contributed by atoms with Crippen LogP contribution in [0.3, 0.4) is 0 Å². The summed E-state index contributed by atoms with van der Waals surface area (Å²) in [5.41, 5.74) is 2.81. The topological polar surface area (TPSA) is 67.1 Å². The molecule has 1 atom stereocenters. The molecule has 3 aromatic rings. The molecule has 0 spiro atoms. The van der Waals surface area contributed by atoms with Gasteiger partial charge in [0.2, 0.25) is 0 Å². The summed E-state index contributed by atoms with van der Waals surface area (Å²) in [6.45, 7) is 5.47. The minimum Gasteiger partial charge on any atom is -0.355 e. The second-order valence-corrected chi connectivity index (χ2v) is 8.87. The first-order chi connectivity index (χ1) is 15.6. The van der Waals surface area contributed by atoms with E-state index in [1.807, 2.05) is 24.6 Å². The molecule has 6 nitrogen and oxygen atoms in total. The van der Waals surface area contributed by atoms with Crippen molar-refractivity contribution in [3.8, 4) is 0 Å². The molecule has 33 heavy (non-hydrogen) atoms. The molecule has 2 N–H and O–H groups in total. The molecule has 1 aromatic heterocycles. The van der Waals surface area contributed by atoms with E-state index in [1.165, 1.54) is 36.8 Å². The average molecular weight is 559 g/mol. The van der Waals surface area contributed by atoms with Gasteiger partial charge in [0, 0.05) is 19.0 Å². The highest BCUT2D eigenvalue weighted by atomic mass is 127. The van der Waals surface area contributed by atoms with Crippen LogP contribution in [-0.4, -0.2) is 27.3 Å². The van der Waals surface area contributed by atoms with Crippen molar-refractivity contribution in [1.82, 2.24) is 25.4 Å². The van der Waals surface area contributed by atoms with Crippen LogP contribution in [0.2, 0.25) is 0 Å².